The third kappa shape index (κ3) is 2.26. The number of likely N-dealkylation sites (N-methyl/N-ethyl adjacent to an activating group) is 1. The topological polar surface area (TPSA) is 59.1 Å². The molecule has 0 aliphatic heterocycles. The molecule has 0 saturated carbocycles. The summed E-state index contributed by atoms with van der Waals surface area (Å²) in [6, 6.07) is 2.06. The highest BCUT2D eigenvalue weighted by molar-refractivity contribution is 5.13. The van der Waals surface area contributed by atoms with E-state index in [4.69, 9.17) is 5.84 Å². The van der Waals surface area contributed by atoms with Gasteiger partial charge in [-0.25, -0.2) is 5.43 Å². The predicted octanol–water partition coefficient (Wildman–Crippen LogP) is 0.748. The van der Waals surface area contributed by atoms with E-state index in [1.165, 1.54) is 0 Å². The molecule has 0 spiro atoms. The van der Waals surface area contributed by atoms with Gasteiger partial charge < -0.3 is 4.90 Å². The van der Waals surface area contributed by atoms with E-state index < -0.39 is 0 Å². The first kappa shape index (κ1) is 13.2. The summed E-state index contributed by atoms with van der Waals surface area (Å²) >= 11 is 0. The molecule has 0 aliphatic rings. The highest BCUT2D eigenvalue weighted by Gasteiger charge is 2.33. The lowest BCUT2D eigenvalue weighted by Crippen LogP contribution is -2.51. The predicted molar refractivity (Wildman–Crippen MR) is 65.7 cm³/mol. The van der Waals surface area contributed by atoms with Gasteiger partial charge in [-0.3, -0.25) is 10.5 Å². The van der Waals surface area contributed by atoms with Gasteiger partial charge in [-0.15, -0.1) is 0 Å². The van der Waals surface area contributed by atoms with Gasteiger partial charge in [0.1, 0.15) is 0 Å². The molecule has 1 aromatic rings. The third-order valence-corrected chi connectivity index (χ3v) is 3.37. The van der Waals surface area contributed by atoms with Gasteiger partial charge in [0.25, 0.3) is 0 Å². The zero-order valence-electron chi connectivity index (χ0n) is 10.9. The molecule has 5 heteroatoms. The number of aromatic nitrogens is 2. The van der Waals surface area contributed by atoms with Crippen LogP contribution >= 0.6 is 0 Å². The second-order valence-corrected chi connectivity index (χ2v) is 4.72. The summed E-state index contributed by atoms with van der Waals surface area (Å²) in [5.74, 6) is 5.69. The largest absolute Gasteiger partial charge is 0.302 e. The van der Waals surface area contributed by atoms with Crippen molar-refractivity contribution in [1.82, 2.24) is 20.1 Å². The van der Waals surface area contributed by atoms with Crippen LogP contribution in [-0.2, 0) is 6.54 Å². The minimum Gasteiger partial charge on any atom is -0.302 e. The number of rotatable bonds is 5. The molecule has 3 N–H and O–H groups in total. The Kier molecular flexibility index (Phi) is 4.07. The number of hydrogen-bond donors (Lipinski definition) is 2. The lowest BCUT2D eigenvalue weighted by molar-refractivity contribution is 0.133. The Morgan fingerprint density at radius 2 is 2.19 bits per heavy atom. The molecule has 1 atom stereocenters. The van der Waals surface area contributed by atoms with Crippen molar-refractivity contribution in [2.24, 2.45) is 5.84 Å². The normalized spacial score (nSPS) is 14.4. The number of aryl methyl sites for hydroxylation is 1. The summed E-state index contributed by atoms with van der Waals surface area (Å²) in [5.41, 5.74) is 3.93. The molecule has 1 aromatic heterocycles. The number of hydrazine groups is 1. The SMILES string of the molecule is CCn1nccc1C(NN)C(C)(C)N(C)C. The molecule has 0 aliphatic carbocycles. The van der Waals surface area contributed by atoms with Crippen LogP contribution < -0.4 is 11.3 Å². The maximum absolute atomic E-state index is 5.69. The maximum Gasteiger partial charge on any atom is 0.0806 e. The maximum atomic E-state index is 5.69. The van der Waals surface area contributed by atoms with E-state index in [-0.39, 0.29) is 11.6 Å². The van der Waals surface area contributed by atoms with Crippen molar-refractivity contribution in [3.05, 3.63) is 18.0 Å². The van der Waals surface area contributed by atoms with Gasteiger partial charge in [-0.1, -0.05) is 0 Å². The fourth-order valence-corrected chi connectivity index (χ4v) is 1.76. The fraction of sp³-hybridized carbons (Fsp3) is 0.727. The van der Waals surface area contributed by atoms with Gasteiger partial charge in [0, 0.05) is 18.3 Å². The second kappa shape index (κ2) is 4.95. The van der Waals surface area contributed by atoms with Gasteiger partial charge >= 0.3 is 0 Å². The van der Waals surface area contributed by atoms with Gasteiger partial charge in [0.15, 0.2) is 0 Å². The Balaban J connectivity index is 3.07. The lowest BCUT2D eigenvalue weighted by atomic mass is 9.91. The van der Waals surface area contributed by atoms with Crippen LogP contribution in [0.4, 0.5) is 0 Å². The molecule has 1 unspecified atom stereocenters. The van der Waals surface area contributed by atoms with Crippen LogP contribution in [0, 0.1) is 0 Å². The Morgan fingerprint density at radius 3 is 2.62 bits per heavy atom. The van der Waals surface area contributed by atoms with Crippen LogP contribution in [0.25, 0.3) is 0 Å². The molecule has 0 radical (unpaired) electrons. The van der Waals surface area contributed by atoms with Crippen molar-refractivity contribution in [2.45, 2.75) is 38.9 Å². The first-order valence-electron chi connectivity index (χ1n) is 5.60. The van der Waals surface area contributed by atoms with Crippen LogP contribution in [0.3, 0.4) is 0 Å². The van der Waals surface area contributed by atoms with Crippen molar-refractivity contribution < 1.29 is 0 Å². The smallest absolute Gasteiger partial charge is 0.0806 e. The fourth-order valence-electron chi connectivity index (χ4n) is 1.76. The van der Waals surface area contributed by atoms with E-state index in [1.807, 2.05) is 16.9 Å². The summed E-state index contributed by atoms with van der Waals surface area (Å²) in [5, 5.41) is 4.28. The molecule has 92 valence electrons. The van der Waals surface area contributed by atoms with Gasteiger partial charge in [-0.05, 0) is 40.9 Å². The first-order valence-corrected chi connectivity index (χ1v) is 5.60. The van der Waals surface area contributed by atoms with E-state index in [0.717, 1.165) is 12.2 Å². The van der Waals surface area contributed by atoms with Gasteiger partial charge in [-0.2, -0.15) is 5.10 Å². The Bertz CT molecular complexity index is 329. The van der Waals surface area contributed by atoms with E-state index in [0.29, 0.717) is 0 Å². The molecule has 5 nitrogen and oxygen atoms in total. The van der Waals surface area contributed by atoms with Crippen molar-refractivity contribution in [3.63, 3.8) is 0 Å². The second-order valence-electron chi connectivity index (χ2n) is 4.72. The Hall–Kier alpha value is -0.910. The van der Waals surface area contributed by atoms with E-state index in [1.54, 1.807) is 0 Å². The number of nitrogens with one attached hydrogen (secondary N) is 1. The van der Waals surface area contributed by atoms with E-state index in [2.05, 4.69) is 50.3 Å². The van der Waals surface area contributed by atoms with Crippen LogP contribution in [0.2, 0.25) is 0 Å². The minimum atomic E-state index is -0.0816. The van der Waals surface area contributed by atoms with Crippen LogP contribution in [0.15, 0.2) is 12.3 Å². The molecule has 16 heavy (non-hydrogen) atoms. The van der Waals surface area contributed by atoms with Crippen LogP contribution in [0.1, 0.15) is 32.5 Å². The first-order chi connectivity index (χ1) is 7.45. The molecule has 0 bridgehead atoms. The minimum absolute atomic E-state index is 0.0462. The molecule has 1 heterocycles. The quantitative estimate of drug-likeness (QED) is 0.573. The monoisotopic (exact) mass is 225 g/mol. The third-order valence-electron chi connectivity index (χ3n) is 3.37. The molecule has 0 fully saturated rings. The van der Waals surface area contributed by atoms with E-state index >= 15 is 0 Å². The van der Waals surface area contributed by atoms with Gasteiger partial charge in [0.2, 0.25) is 0 Å². The highest BCUT2D eigenvalue weighted by atomic mass is 15.3. The zero-order valence-corrected chi connectivity index (χ0v) is 10.9. The molecule has 1 rings (SSSR count). The number of nitrogens with two attached hydrogens (primary N) is 1. The van der Waals surface area contributed by atoms with Crippen molar-refractivity contribution in [2.75, 3.05) is 14.1 Å². The Labute approximate surface area is 97.6 Å². The summed E-state index contributed by atoms with van der Waals surface area (Å²) in [6.07, 6.45) is 1.81. The number of nitrogens with zero attached hydrogens (tertiary/aromatic N) is 3. The summed E-state index contributed by atoms with van der Waals surface area (Å²) in [6.45, 7) is 7.24. The van der Waals surface area contributed by atoms with E-state index in [9.17, 15) is 0 Å². The lowest BCUT2D eigenvalue weighted by Gasteiger charge is -2.39. The average Bonchev–Trinajstić information content (AvgIpc) is 2.66. The Morgan fingerprint density at radius 1 is 1.56 bits per heavy atom. The molecule has 0 aromatic carbocycles. The van der Waals surface area contributed by atoms with Gasteiger partial charge in [0.05, 0.1) is 11.7 Å². The zero-order chi connectivity index (χ0) is 12.3. The van der Waals surface area contributed by atoms with Crippen molar-refractivity contribution in [1.29, 1.82) is 0 Å². The summed E-state index contributed by atoms with van der Waals surface area (Å²) < 4.78 is 1.97. The van der Waals surface area contributed by atoms with Crippen LogP contribution in [-0.4, -0.2) is 34.3 Å². The van der Waals surface area contributed by atoms with Crippen molar-refractivity contribution >= 4 is 0 Å². The standard InChI is InChI=1S/C11H23N5/c1-6-16-9(7-8-13-16)10(14-12)11(2,3)15(4)5/h7-8,10,14H,6,12H2,1-5H3. The molecular weight excluding hydrogens is 202 g/mol. The molecular formula is C11H23N5. The average molecular weight is 225 g/mol. The molecule has 0 amide bonds. The van der Waals surface area contributed by atoms with Crippen molar-refractivity contribution in [3.8, 4) is 0 Å². The highest BCUT2D eigenvalue weighted by Crippen LogP contribution is 2.28. The molecule has 0 saturated heterocycles. The summed E-state index contributed by atoms with van der Waals surface area (Å²) in [4.78, 5) is 2.16. The van der Waals surface area contributed by atoms with Crippen LogP contribution in [0.5, 0.6) is 0 Å². The number of hydrogen-bond acceptors (Lipinski definition) is 4. The summed E-state index contributed by atoms with van der Waals surface area (Å²) in [7, 11) is 4.11.